The molecule has 1 saturated heterocycles. The molecule has 0 amide bonds. The first kappa shape index (κ1) is 6.85. The zero-order valence-electron chi connectivity index (χ0n) is 6.42. The van der Waals surface area contributed by atoms with Crippen molar-refractivity contribution in [2.75, 3.05) is 13.1 Å². The second kappa shape index (κ2) is 3.05. The standard InChI is InChI=1S/C8H12N2O/c1-3-9-6-7(1)5-8-2-4-11-10-8/h2,4,7,9H,1,3,5-6H2. The number of nitrogens with zero attached hydrogens (tertiary/aromatic N) is 1. The van der Waals surface area contributed by atoms with Gasteiger partial charge in [-0.25, -0.2) is 0 Å². The van der Waals surface area contributed by atoms with Crippen LogP contribution in [0.3, 0.4) is 0 Å². The van der Waals surface area contributed by atoms with Gasteiger partial charge in [0.1, 0.15) is 6.26 Å². The van der Waals surface area contributed by atoms with Crippen molar-refractivity contribution in [2.24, 2.45) is 5.92 Å². The van der Waals surface area contributed by atoms with Crippen molar-refractivity contribution in [3.63, 3.8) is 0 Å². The Morgan fingerprint density at radius 1 is 1.73 bits per heavy atom. The van der Waals surface area contributed by atoms with Crippen molar-refractivity contribution in [3.8, 4) is 0 Å². The highest BCUT2D eigenvalue weighted by atomic mass is 16.5. The quantitative estimate of drug-likeness (QED) is 0.682. The first-order valence-electron chi connectivity index (χ1n) is 4.05. The Bertz CT molecular complexity index is 202. The Morgan fingerprint density at radius 3 is 3.36 bits per heavy atom. The van der Waals surface area contributed by atoms with Crippen LogP contribution in [0, 0.1) is 5.92 Å². The summed E-state index contributed by atoms with van der Waals surface area (Å²) in [5.74, 6) is 0.764. The fourth-order valence-electron chi connectivity index (χ4n) is 1.53. The van der Waals surface area contributed by atoms with Crippen molar-refractivity contribution >= 4 is 0 Å². The molecule has 60 valence electrons. The van der Waals surface area contributed by atoms with Crippen LogP contribution in [0.5, 0.6) is 0 Å². The number of aromatic nitrogens is 1. The van der Waals surface area contributed by atoms with Gasteiger partial charge in [-0.05, 0) is 31.8 Å². The van der Waals surface area contributed by atoms with Crippen LogP contribution in [0.25, 0.3) is 0 Å². The van der Waals surface area contributed by atoms with Crippen molar-refractivity contribution in [3.05, 3.63) is 18.0 Å². The molecule has 1 aromatic rings. The van der Waals surface area contributed by atoms with Gasteiger partial charge in [-0.3, -0.25) is 0 Å². The van der Waals surface area contributed by atoms with E-state index in [1.807, 2.05) is 6.07 Å². The van der Waals surface area contributed by atoms with Gasteiger partial charge in [-0.15, -0.1) is 0 Å². The molecule has 0 radical (unpaired) electrons. The summed E-state index contributed by atoms with van der Waals surface area (Å²) in [4.78, 5) is 0. The summed E-state index contributed by atoms with van der Waals surface area (Å²) in [6, 6.07) is 1.94. The van der Waals surface area contributed by atoms with Crippen LogP contribution in [0.4, 0.5) is 0 Å². The van der Waals surface area contributed by atoms with Crippen LogP contribution in [0.15, 0.2) is 16.9 Å². The first-order chi connectivity index (χ1) is 5.45. The van der Waals surface area contributed by atoms with E-state index in [2.05, 4.69) is 10.5 Å². The van der Waals surface area contributed by atoms with Crippen LogP contribution < -0.4 is 5.32 Å². The molecule has 1 aromatic heterocycles. The Hall–Kier alpha value is -0.830. The van der Waals surface area contributed by atoms with E-state index < -0.39 is 0 Å². The minimum Gasteiger partial charge on any atom is -0.365 e. The third-order valence-corrected chi connectivity index (χ3v) is 2.15. The summed E-state index contributed by atoms with van der Waals surface area (Å²) >= 11 is 0. The third-order valence-electron chi connectivity index (χ3n) is 2.15. The summed E-state index contributed by atoms with van der Waals surface area (Å²) < 4.78 is 4.75. The monoisotopic (exact) mass is 152 g/mol. The zero-order chi connectivity index (χ0) is 7.52. The Morgan fingerprint density at radius 2 is 2.73 bits per heavy atom. The predicted molar refractivity (Wildman–Crippen MR) is 41.2 cm³/mol. The van der Waals surface area contributed by atoms with Gasteiger partial charge in [-0.1, -0.05) is 5.16 Å². The molecule has 2 rings (SSSR count). The van der Waals surface area contributed by atoms with E-state index in [0.29, 0.717) is 0 Å². The minimum absolute atomic E-state index is 0.764. The van der Waals surface area contributed by atoms with E-state index in [4.69, 9.17) is 4.52 Å². The number of rotatable bonds is 2. The Balaban J connectivity index is 1.90. The van der Waals surface area contributed by atoms with Gasteiger partial charge >= 0.3 is 0 Å². The van der Waals surface area contributed by atoms with Crippen LogP contribution in [-0.4, -0.2) is 18.2 Å². The topological polar surface area (TPSA) is 38.1 Å². The Kier molecular flexibility index (Phi) is 1.90. The molecule has 0 bridgehead atoms. The van der Waals surface area contributed by atoms with Crippen molar-refractivity contribution in [2.45, 2.75) is 12.8 Å². The molecule has 3 nitrogen and oxygen atoms in total. The van der Waals surface area contributed by atoms with Crippen molar-refractivity contribution in [1.82, 2.24) is 10.5 Å². The van der Waals surface area contributed by atoms with Gasteiger partial charge in [0.25, 0.3) is 0 Å². The minimum atomic E-state index is 0.764. The normalized spacial score (nSPS) is 24.2. The molecule has 1 unspecified atom stereocenters. The summed E-state index contributed by atoms with van der Waals surface area (Å²) in [6.07, 6.45) is 3.97. The van der Waals surface area contributed by atoms with E-state index in [0.717, 1.165) is 31.1 Å². The van der Waals surface area contributed by atoms with Gasteiger partial charge < -0.3 is 9.84 Å². The van der Waals surface area contributed by atoms with Gasteiger partial charge in [-0.2, -0.15) is 0 Å². The van der Waals surface area contributed by atoms with E-state index in [-0.39, 0.29) is 0 Å². The SMILES string of the molecule is c1cc(CC2CCNC2)no1. The molecule has 2 heterocycles. The molecule has 0 aromatic carbocycles. The molecule has 0 saturated carbocycles. The zero-order valence-corrected chi connectivity index (χ0v) is 6.42. The number of nitrogens with one attached hydrogen (secondary N) is 1. The lowest BCUT2D eigenvalue weighted by Crippen LogP contribution is -2.10. The molecule has 1 atom stereocenters. The third kappa shape index (κ3) is 1.60. The fourth-order valence-corrected chi connectivity index (χ4v) is 1.53. The van der Waals surface area contributed by atoms with E-state index in [1.54, 1.807) is 6.26 Å². The highest BCUT2D eigenvalue weighted by Crippen LogP contribution is 2.13. The maximum absolute atomic E-state index is 4.75. The summed E-state index contributed by atoms with van der Waals surface area (Å²) in [5.41, 5.74) is 1.08. The molecule has 0 aliphatic carbocycles. The van der Waals surface area contributed by atoms with Crippen LogP contribution >= 0.6 is 0 Å². The molecule has 1 aliphatic rings. The van der Waals surface area contributed by atoms with Crippen molar-refractivity contribution < 1.29 is 4.52 Å². The summed E-state index contributed by atoms with van der Waals surface area (Å²) in [5, 5.41) is 7.20. The second-order valence-electron chi connectivity index (χ2n) is 3.05. The van der Waals surface area contributed by atoms with Gasteiger partial charge in [0.15, 0.2) is 0 Å². The highest BCUT2D eigenvalue weighted by Gasteiger charge is 2.15. The van der Waals surface area contributed by atoms with Gasteiger partial charge in [0, 0.05) is 6.07 Å². The summed E-state index contributed by atoms with van der Waals surface area (Å²) in [6.45, 7) is 2.29. The lowest BCUT2D eigenvalue weighted by atomic mass is 10.0. The lowest BCUT2D eigenvalue weighted by molar-refractivity contribution is 0.405. The predicted octanol–water partition coefficient (Wildman–Crippen LogP) is 0.827. The van der Waals surface area contributed by atoms with E-state index >= 15 is 0 Å². The fraction of sp³-hybridized carbons (Fsp3) is 0.625. The van der Waals surface area contributed by atoms with Crippen LogP contribution in [0.1, 0.15) is 12.1 Å². The Labute approximate surface area is 65.8 Å². The first-order valence-corrected chi connectivity index (χ1v) is 4.05. The molecule has 1 aliphatic heterocycles. The largest absolute Gasteiger partial charge is 0.365 e. The molecule has 1 fully saturated rings. The molecule has 1 N–H and O–H groups in total. The number of hydrogen-bond acceptors (Lipinski definition) is 3. The average Bonchev–Trinajstić information content (AvgIpc) is 2.60. The summed E-state index contributed by atoms with van der Waals surface area (Å²) in [7, 11) is 0. The van der Waals surface area contributed by atoms with Crippen LogP contribution in [-0.2, 0) is 6.42 Å². The smallest absolute Gasteiger partial charge is 0.124 e. The molecule has 11 heavy (non-hydrogen) atoms. The van der Waals surface area contributed by atoms with Crippen molar-refractivity contribution in [1.29, 1.82) is 0 Å². The maximum atomic E-state index is 4.75. The van der Waals surface area contributed by atoms with Crippen LogP contribution in [0.2, 0.25) is 0 Å². The molecular weight excluding hydrogens is 140 g/mol. The average molecular weight is 152 g/mol. The molecule has 0 spiro atoms. The van der Waals surface area contributed by atoms with E-state index in [1.165, 1.54) is 6.42 Å². The molecule has 3 heteroatoms. The lowest BCUT2D eigenvalue weighted by Gasteiger charge is -2.02. The van der Waals surface area contributed by atoms with Gasteiger partial charge in [0.05, 0.1) is 5.69 Å². The number of hydrogen-bond donors (Lipinski definition) is 1. The van der Waals surface area contributed by atoms with Gasteiger partial charge in [0.2, 0.25) is 0 Å². The highest BCUT2D eigenvalue weighted by molar-refractivity contribution is 4.97. The molecular formula is C8H12N2O. The van der Waals surface area contributed by atoms with E-state index in [9.17, 15) is 0 Å². The second-order valence-corrected chi connectivity index (χ2v) is 3.05. The maximum Gasteiger partial charge on any atom is 0.124 e.